The van der Waals surface area contributed by atoms with Gasteiger partial charge in [-0.15, -0.1) is 13.2 Å². The van der Waals surface area contributed by atoms with Crippen LogP contribution in [0.1, 0.15) is 18.4 Å². The van der Waals surface area contributed by atoms with Crippen LogP contribution in [-0.2, 0) is 11.2 Å². The first-order valence-corrected chi connectivity index (χ1v) is 7.53. The van der Waals surface area contributed by atoms with Crippen molar-refractivity contribution in [1.29, 1.82) is 0 Å². The third-order valence-electron chi connectivity index (χ3n) is 3.42. The maximum Gasteiger partial charge on any atom is 0.573 e. The molecule has 0 saturated carbocycles. The molecule has 1 aromatic carbocycles. The van der Waals surface area contributed by atoms with Crippen molar-refractivity contribution in [2.24, 2.45) is 5.41 Å². The van der Waals surface area contributed by atoms with Gasteiger partial charge in [0.05, 0.1) is 6.61 Å². The predicted octanol–water partition coefficient (Wildman–Crippen LogP) is 4.32. The molecule has 1 fully saturated rings. The highest BCUT2D eigenvalue weighted by Gasteiger charge is 2.33. The van der Waals surface area contributed by atoms with E-state index in [0.29, 0.717) is 6.61 Å². The Hall–Kier alpha value is -0.750. The highest BCUT2D eigenvalue weighted by atomic mass is 79.9. The molecule has 0 amide bonds. The van der Waals surface area contributed by atoms with Crippen LogP contribution in [0.15, 0.2) is 24.3 Å². The summed E-state index contributed by atoms with van der Waals surface area (Å²) in [6, 6.07) is 6.07. The van der Waals surface area contributed by atoms with Crippen LogP contribution < -0.4 is 4.74 Å². The van der Waals surface area contributed by atoms with Gasteiger partial charge in [0.1, 0.15) is 5.75 Å². The summed E-state index contributed by atoms with van der Waals surface area (Å²) in [7, 11) is 0. The van der Waals surface area contributed by atoms with E-state index in [0.717, 1.165) is 36.8 Å². The number of hydrogen-bond donors (Lipinski definition) is 0. The van der Waals surface area contributed by atoms with Crippen molar-refractivity contribution in [1.82, 2.24) is 0 Å². The van der Waals surface area contributed by atoms with Crippen LogP contribution in [0, 0.1) is 5.41 Å². The van der Waals surface area contributed by atoms with E-state index in [9.17, 15) is 13.2 Å². The van der Waals surface area contributed by atoms with E-state index in [1.165, 1.54) is 12.1 Å². The van der Waals surface area contributed by atoms with Crippen molar-refractivity contribution >= 4 is 15.9 Å². The number of alkyl halides is 4. The van der Waals surface area contributed by atoms with E-state index in [1.807, 2.05) is 0 Å². The Morgan fingerprint density at radius 1 is 1.25 bits per heavy atom. The fraction of sp³-hybridized carbons (Fsp3) is 0.571. The number of rotatable bonds is 4. The van der Waals surface area contributed by atoms with Crippen molar-refractivity contribution in [2.75, 3.05) is 18.5 Å². The lowest BCUT2D eigenvalue weighted by Gasteiger charge is -2.35. The molecule has 1 heterocycles. The van der Waals surface area contributed by atoms with Gasteiger partial charge in [-0.3, -0.25) is 0 Å². The third kappa shape index (κ3) is 4.38. The normalized spacial score (nSPS) is 23.6. The molecule has 2 rings (SSSR count). The Morgan fingerprint density at radius 2 is 1.95 bits per heavy atom. The minimum Gasteiger partial charge on any atom is -0.406 e. The molecule has 6 heteroatoms. The third-order valence-corrected chi connectivity index (χ3v) is 4.61. The summed E-state index contributed by atoms with van der Waals surface area (Å²) in [5.74, 6) is -0.186. The van der Waals surface area contributed by atoms with E-state index in [1.54, 1.807) is 12.1 Å². The van der Waals surface area contributed by atoms with E-state index >= 15 is 0 Å². The monoisotopic (exact) mass is 352 g/mol. The van der Waals surface area contributed by atoms with Gasteiger partial charge in [-0.25, -0.2) is 0 Å². The van der Waals surface area contributed by atoms with Crippen molar-refractivity contribution < 1.29 is 22.6 Å². The summed E-state index contributed by atoms with van der Waals surface area (Å²) < 4.78 is 45.7. The number of benzene rings is 1. The zero-order valence-corrected chi connectivity index (χ0v) is 12.5. The maximum absolute atomic E-state index is 12.1. The Kier molecular flexibility index (Phi) is 4.96. The topological polar surface area (TPSA) is 18.5 Å². The molecule has 2 nitrogen and oxygen atoms in total. The average Bonchev–Trinajstić information content (AvgIpc) is 2.40. The van der Waals surface area contributed by atoms with Crippen LogP contribution in [0.4, 0.5) is 13.2 Å². The number of hydrogen-bond acceptors (Lipinski definition) is 2. The Balaban J connectivity index is 2.02. The zero-order chi connectivity index (χ0) is 14.6. The van der Waals surface area contributed by atoms with Crippen molar-refractivity contribution in [2.45, 2.75) is 25.6 Å². The molecule has 1 aliphatic rings. The largest absolute Gasteiger partial charge is 0.573 e. The highest BCUT2D eigenvalue weighted by molar-refractivity contribution is 9.09. The van der Waals surface area contributed by atoms with Crippen LogP contribution >= 0.6 is 15.9 Å². The first-order chi connectivity index (χ1) is 9.42. The SMILES string of the molecule is FC(F)(F)Oc1ccc(CC2(CBr)CCCOC2)cc1. The lowest BCUT2D eigenvalue weighted by molar-refractivity contribution is -0.274. The molecule has 20 heavy (non-hydrogen) atoms. The predicted molar refractivity (Wildman–Crippen MR) is 73.1 cm³/mol. The van der Waals surface area contributed by atoms with E-state index in [-0.39, 0.29) is 11.2 Å². The summed E-state index contributed by atoms with van der Waals surface area (Å²) in [6.07, 6.45) is -1.79. The molecule has 0 aliphatic carbocycles. The maximum atomic E-state index is 12.1. The summed E-state index contributed by atoms with van der Waals surface area (Å²) in [4.78, 5) is 0. The van der Waals surface area contributed by atoms with Gasteiger partial charge in [0.2, 0.25) is 0 Å². The van der Waals surface area contributed by atoms with E-state index in [4.69, 9.17) is 4.74 Å². The fourth-order valence-corrected chi connectivity index (χ4v) is 3.08. The molecule has 1 aliphatic heterocycles. The Bertz CT molecular complexity index is 425. The number of halogens is 4. The molecule has 1 atom stereocenters. The standard InChI is InChI=1S/C14H16BrF3O2/c15-9-13(6-1-7-19-10-13)8-11-2-4-12(5-3-11)20-14(16,17)18/h2-5H,1,6-10H2. The van der Waals surface area contributed by atoms with Gasteiger partial charge >= 0.3 is 6.36 Å². The van der Waals surface area contributed by atoms with E-state index in [2.05, 4.69) is 20.7 Å². The molecule has 0 aromatic heterocycles. The second-order valence-electron chi connectivity index (χ2n) is 5.16. The molecule has 1 unspecified atom stereocenters. The van der Waals surface area contributed by atoms with Crippen LogP contribution in [0.3, 0.4) is 0 Å². The number of ether oxygens (including phenoxy) is 2. The quantitative estimate of drug-likeness (QED) is 0.751. The second kappa shape index (κ2) is 6.35. The van der Waals surface area contributed by atoms with Crippen LogP contribution in [0.2, 0.25) is 0 Å². The molecule has 0 spiro atoms. The molecule has 0 bridgehead atoms. The molecular weight excluding hydrogens is 337 g/mol. The summed E-state index contributed by atoms with van der Waals surface area (Å²) >= 11 is 3.53. The molecule has 0 radical (unpaired) electrons. The lowest BCUT2D eigenvalue weighted by atomic mass is 9.79. The molecule has 1 saturated heterocycles. The van der Waals surface area contributed by atoms with Crippen molar-refractivity contribution in [3.05, 3.63) is 29.8 Å². The minimum atomic E-state index is -4.64. The summed E-state index contributed by atoms with van der Waals surface area (Å²) in [5, 5.41) is 0.820. The zero-order valence-electron chi connectivity index (χ0n) is 10.9. The van der Waals surface area contributed by atoms with Gasteiger partial charge in [-0.2, -0.15) is 0 Å². The van der Waals surface area contributed by atoms with Gasteiger partial charge in [0.15, 0.2) is 0 Å². The van der Waals surface area contributed by atoms with Gasteiger partial charge in [-0.05, 0) is 37.0 Å². The molecular formula is C14H16BrF3O2. The average molecular weight is 353 g/mol. The minimum absolute atomic E-state index is 0.0324. The van der Waals surface area contributed by atoms with Crippen molar-refractivity contribution in [3.8, 4) is 5.75 Å². The van der Waals surface area contributed by atoms with Gasteiger partial charge < -0.3 is 9.47 Å². The fourth-order valence-electron chi connectivity index (χ4n) is 2.44. The second-order valence-corrected chi connectivity index (χ2v) is 5.72. The Labute approximate surface area is 124 Å². The van der Waals surface area contributed by atoms with Crippen LogP contribution in [-0.4, -0.2) is 24.9 Å². The lowest BCUT2D eigenvalue weighted by Crippen LogP contribution is -2.35. The summed E-state index contributed by atoms with van der Waals surface area (Å²) in [5.41, 5.74) is 1.02. The van der Waals surface area contributed by atoms with Crippen LogP contribution in [0.5, 0.6) is 5.75 Å². The highest BCUT2D eigenvalue weighted by Crippen LogP contribution is 2.35. The summed E-state index contributed by atoms with van der Waals surface area (Å²) in [6.45, 7) is 1.46. The first kappa shape index (κ1) is 15.6. The molecule has 0 N–H and O–H groups in total. The van der Waals surface area contributed by atoms with Gasteiger partial charge in [0.25, 0.3) is 0 Å². The van der Waals surface area contributed by atoms with Gasteiger partial charge in [-0.1, -0.05) is 28.1 Å². The smallest absolute Gasteiger partial charge is 0.406 e. The molecule has 112 valence electrons. The molecule has 1 aromatic rings. The van der Waals surface area contributed by atoms with E-state index < -0.39 is 6.36 Å². The van der Waals surface area contributed by atoms with Crippen molar-refractivity contribution in [3.63, 3.8) is 0 Å². The first-order valence-electron chi connectivity index (χ1n) is 6.41. The van der Waals surface area contributed by atoms with Gasteiger partial charge in [0, 0.05) is 17.4 Å². The van der Waals surface area contributed by atoms with Crippen LogP contribution in [0.25, 0.3) is 0 Å². The Morgan fingerprint density at radius 3 is 2.45 bits per heavy atom.